The molecule has 0 aromatic heterocycles. The molecule has 0 radical (unpaired) electrons. The fraction of sp³-hybridized carbons (Fsp3) is 0.571. The molecule has 0 spiro atoms. The Morgan fingerprint density at radius 3 is 2.31 bits per heavy atom. The molecule has 2 heteroatoms. The second-order valence-electron chi connectivity index (χ2n) is 4.09. The summed E-state index contributed by atoms with van der Waals surface area (Å²) in [4.78, 5) is 0. The van der Waals surface area contributed by atoms with E-state index in [9.17, 15) is 0 Å². The Morgan fingerprint density at radius 1 is 0.875 bits per heavy atom. The van der Waals surface area contributed by atoms with Crippen LogP contribution in [0, 0.1) is 0 Å². The summed E-state index contributed by atoms with van der Waals surface area (Å²) >= 11 is 0. The summed E-state index contributed by atoms with van der Waals surface area (Å²) in [5, 5.41) is 0. The third-order valence-corrected chi connectivity index (χ3v) is 2.60. The second kappa shape index (κ2) is 9.37. The van der Waals surface area contributed by atoms with Crippen molar-refractivity contribution in [3.63, 3.8) is 0 Å². The molecule has 2 nitrogen and oxygen atoms in total. The summed E-state index contributed by atoms with van der Waals surface area (Å²) in [5.41, 5.74) is 6.69. The normalized spacial score (nSPS) is 10.6. The molecule has 0 amide bonds. The molecule has 0 saturated heterocycles. The van der Waals surface area contributed by atoms with E-state index in [1.807, 2.05) is 18.2 Å². The Labute approximate surface area is 98.8 Å². The molecule has 0 aliphatic heterocycles. The van der Waals surface area contributed by atoms with Gasteiger partial charge in [0.25, 0.3) is 0 Å². The van der Waals surface area contributed by atoms with Gasteiger partial charge in [-0.25, -0.2) is 0 Å². The van der Waals surface area contributed by atoms with Crippen LogP contribution >= 0.6 is 0 Å². The molecule has 0 aliphatic carbocycles. The summed E-state index contributed by atoms with van der Waals surface area (Å²) < 4.78 is 5.60. The molecule has 0 fully saturated rings. The van der Waals surface area contributed by atoms with Gasteiger partial charge in [0, 0.05) is 6.61 Å². The molecule has 0 unspecified atom stereocenters. The zero-order valence-electron chi connectivity index (χ0n) is 10.0. The molecular weight excluding hydrogens is 198 g/mol. The van der Waals surface area contributed by atoms with Crippen LogP contribution in [0.25, 0.3) is 0 Å². The van der Waals surface area contributed by atoms with Crippen molar-refractivity contribution in [2.24, 2.45) is 5.73 Å². The van der Waals surface area contributed by atoms with E-state index in [-0.39, 0.29) is 0 Å². The lowest BCUT2D eigenvalue weighted by molar-refractivity contribution is 0.116. The molecule has 0 saturated carbocycles. The summed E-state index contributed by atoms with van der Waals surface area (Å²) in [6, 6.07) is 10.3. The van der Waals surface area contributed by atoms with Crippen LogP contribution in [0.15, 0.2) is 30.3 Å². The lowest BCUT2D eigenvalue weighted by atomic mass is 10.1. The smallest absolute Gasteiger partial charge is 0.0716 e. The number of unbranched alkanes of at least 4 members (excludes halogenated alkanes) is 4. The van der Waals surface area contributed by atoms with Gasteiger partial charge in [0.15, 0.2) is 0 Å². The quantitative estimate of drug-likeness (QED) is 0.650. The summed E-state index contributed by atoms with van der Waals surface area (Å²) in [7, 11) is 0. The van der Waals surface area contributed by atoms with Crippen molar-refractivity contribution in [3.05, 3.63) is 35.9 Å². The van der Waals surface area contributed by atoms with E-state index in [2.05, 4.69) is 12.1 Å². The maximum atomic E-state index is 5.60. The Bertz CT molecular complexity index is 248. The van der Waals surface area contributed by atoms with E-state index < -0.39 is 0 Å². The lowest BCUT2D eigenvalue weighted by Crippen LogP contribution is -1.98. The van der Waals surface area contributed by atoms with Crippen molar-refractivity contribution in [3.8, 4) is 0 Å². The van der Waals surface area contributed by atoms with Crippen LogP contribution in [0.2, 0.25) is 0 Å². The van der Waals surface area contributed by atoms with E-state index >= 15 is 0 Å². The van der Waals surface area contributed by atoms with Crippen LogP contribution < -0.4 is 5.73 Å². The van der Waals surface area contributed by atoms with Crippen LogP contribution in [0.3, 0.4) is 0 Å². The summed E-state index contributed by atoms with van der Waals surface area (Å²) in [6.45, 7) is 2.44. The van der Waals surface area contributed by atoms with E-state index in [0.717, 1.165) is 32.6 Å². The SMILES string of the molecule is NCCCCCCCOCc1ccccc1. The number of hydrogen-bond donors (Lipinski definition) is 1. The molecule has 0 aliphatic rings. The molecular formula is C14H23NO. The van der Waals surface area contributed by atoms with Crippen molar-refractivity contribution in [1.82, 2.24) is 0 Å². The molecule has 90 valence electrons. The lowest BCUT2D eigenvalue weighted by Gasteiger charge is -2.04. The summed E-state index contributed by atoms with van der Waals surface area (Å²) in [5.74, 6) is 0. The monoisotopic (exact) mass is 221 g/mol. The van der Waals surface area contributed by atoms with Gasteiger partial charge in [-0.3, -0.25) is 0 Å². The van der Waals surface area contributed by atoms with E-state index in [1.165, 1.54) is 24.8 Å². The van der Waals surface area contributed by atoms with Crippen molar-refractivity contribution >= 4 is 0 Å². The average molecular weight is 221 g/mol. The van der Waals surface area contributed by atoms with Crippen LogP contribution in [-0.2, 0) is 11.3 Å². The van der Waals surface area contributed by atoms with Gasteiger partial charge in [0.05, 0.1) is 6.61 Å². The number of rotatable bonds is 9. The predicted molar refractivity (Wildman–Crippen MR) is 68.2 cm³/mol. The van der Waals surface area contributed by atoms with Gasteiger partial charge in [0.1, 0.15) is 0 Å². The first-order valence-electron chi connectivity index (χ1n) is 6.25. The number of hydrogen-bond acceptors (Lipinski definition) is 2. The minimum Gasteiger partial charge on any atom is -0.377 e. The van der Waals surface area contributed by atoms with Gasteiger partial charge in [-0.1, -0.05) is 49.6 Å². The highest BCUT2D eigenvalue weighted by Gasteiger charge is 1.92. The molecule has 16 heavy (non-hydrogen) atoms. The number of ether oxygens (including phenoxy) is 1. The first kappa shape index (κ1) is 13.2. The maximum Gasteiger partial charge on any atom is 0.0716 e. The molecule has 0 heterocycles. The first-order valence-corrected chi connectivity index (χ1v) is 6.25. The van der Waals surface area contributed by atoms with Gasteiger partial charge in [0.2, 0.25) is 0 Å². The molecule has 1 aromatic carbocycles. The van der Waals surface area contributed by atoms with Gasteiger partial charge in [-0.2, -0.15) is 0 Å². The minimum atomic E-state index is 0.740. The van der Waals surface area contributed by atoms with Gasteiger partial charge in [-0.15, -0.1) is 0 Å². The van der Waals surface area contributed by atoms with E-state index in [0.29, 0.717) is 0 Å². The first-order chi connectivity index (χ1) is 7.93. The molecule has 2 N–H and O–H groups in total. The molecule has 1 rings (SSSR count). The van der Waals surface area contributed by atoms with E-state index in [4.69, 9.17) is 10.5 Å². The molecule has 1 aromatic rings. The van der Waals surface area contributed by atoms with Crippen molar-refractivity contribution < 1.29 is 4.74 Å². The Hall–Kier alpha value is -0.860. The van der Waals surface area contributed by atoms with Gasteiger partial charge in [-0.05, 0) is 24.9 Å². The summed E-state index contributed by atoms with van der Waals surface area (Å²) in [6.07, 6.45) is 6.12. The topological polar surface area (TPSA) is 35.2 Å². The third kappa shape index (κ3) is 6.59. The van der Waals surface area contributed by atoms with Gasteiger partial charge < -0.3 is 10.5 Å². The Kier molecular flexibility index (Phi) is 7.74. The maximum absolute atomic E-state index is 5.60. The van der Waals surface area contributed by atoms with Crippen LogP contribution in [-0.4, -0.2) is 13.2 Å². The van der Waals surface area contributed by atoms with Crippen molar-refractivity contribution in [2.45, 2.75) is 38.7 Å². The standard InChI is InChI=1S/C14H23NO/c15-11-7-2-1-3-8-12-16-13-14-9-5-4-6-10-14/h4-6,9-10H,1-3,7-8,11-13,15H2. The van der Waals surface area contributed by atoms with E-state index in [1.54, 1.807) is 0 Å². The van der Waals surface area contributed by atoms with Crippen LogP contribution in [0.5, 0.6) is 0 Å². The molecule has 0 atom stereocenters. The zero-order valence-corrected chi connectivity index (χ0v) is 10.0. The highest BCUT2D eigenvalue weighted by atomic mass is 16.5. The van der Waals surface area contributed by atoms with Crippen molar-refractivity contribution in [1.29, 1.82) is 0 Å². The fourth-order valence-corrected chi connectivity index (χ4v) is 1.64. The zero-order chi connectivity index (χ0) is 11.5. The fourth-order valence-electron chi connectivity index (χ4n) is 1.64. The van der Waals surface area contributed by atoms with Crippen molar-refractivity contribution in [2.75, 3.05) is 13.2 Å². The highest BCUT2D eigenvalue weighted by molar-refractivity contribution is 5.13. The number of nitrogens with two attached hydrogens (primary N) is 1. The third-order valence-electron chi connectivity index (χ3n) is 2.60. The van der Waals surface area contributed by atoms with Crippen LogP contribution in [0.4, 0.5) is 0 Å². The minimum absolute atomic E-state index is 0.740. The van der Waals surface area contributed by atoms with Crippen LogP contribution in [0.1, 0.15) is 37.7 Å². The van der Waals surface area contributed by atoms with Gasteiger partial charge >= 0.3 is 0 Å². The average Bonchev–Trinajstić information content (AvgIpc) is 2.34. The number of benzene rings is 1. The highest BCUT2D eigenvalue weighted by Crippen LogP contribution is 2.04. The Balaban J connectivity index is 1.89. The largest absolute Gasteiger partial charge is 0.377 e. The Morgan fingerprint density at radius 2 is 1.56 bits per heavy atom. The predicted octanol–water partition coefficient (Wildman–Crippen LogP) is 3.11. The molecule has 0 bridgehead atoms. The second-order valence-corrected chi connectivity index (χ2v) is 4.09.